The molecule has 12 heteroatoms. The minimum atomic E-state index is -4.54. The summed E-state index contributed by atoms with van der Waals surface area (Å²) in [5.41, 5.74) is 0.983. The van der Waals surface area contributed by atoms with Crippen LogP contribution in [0, 0.1) is 0 Å². The van der Waals surface area contributed by atoms with Crippen LogP contribution in [-0.2, 0) is 33.1 Å². The van der Waals surface area contributed by atoms with Crippen LogP contribution in [-0.4, -0.2) is 25.9 Å². The van der Waals surface area contributed by atoms with E-state index in [4.69, 9.17) is 9.47 Å². The molecule has 0 fully saturated rings. The van der Waals surface area contributed by atoms with E-state index in [0.29, 0.717) is 47.0 Å². The van der Waals surface area contributed by atoms with Gasteiger partial charge in [0.2, 0.25) is 0 Å². The van der Waals surface area contributed by atoms with Gasteiger partial charge in [-0.05, 0) is 74.2 Å². The number of hydrogen-bond acceptors (Lipinski definition) is 8. The predicted molar refractivity (Wildman–Crippen MR) is 233 cm³/mol. The molecule has 0 N–H and O–H groups in total. The Kier molecular flexibility index (Phi) is 30.9. The summed E-state index contributed by atoms with van der Waals surface area (Å²) in [7, 11) is -9.08. The average molecular weight is 881 g/mol. The van der Waals surface area contributed by atoms with Crippen molar-refractivity contribution in [3.05, 3.63) is 108 Å². The van der Waals surface area contributed by atoms with Crippen LogP contribution in [0.3, 0.4) is 0 Å². The van der Waals surface area contributed by atoms with Crippen LogP contribution in [0.2, 0.25) is 0 Å². The number of benzene rings is 4. The summed E-state index contributed by atoms with van der Waals surface area (Å²) in [6.45, 7) is 4.46. The maximum atomic E-state index is 11.7. The normalized spacial score (nSPS) is 11.1. The van der Waals surface area contributed by atoms with Crippen molar-refractivity contribution in [3.8, 4) is 23.0 Å². The SMILES string of the molecule is CCCCCCCCCCCCc1c(Oc2ccccc2)cccc1S(=O)(=O)[O-].CCCCCCCCCCCCc1c(Oc2ccccc2)cccc1S(=O)(=O)[O-].[Na+].[Na+]. The molecule has 0 amide bonds. The third kappa shape index (κ3) is 23.1. The Morgan fingerprint density at radius 1 is 0.383 bits per heavy atom. The summed E-state index contributed by atoms with van der Waals surface area (Å²) in [5, 5.41) is 0. The van der Waals surface area contributed by atoms with Gasteiger partial charge in [0.1, 0.15) is 43.2 Å². The van der Waals surface area contributed by atoms with E-state index in [-0.39, 0.29) is 68.9 Å². The summed E-state index contributed by atoms with van der Waals surface area (Å²) >= 11 is 0. The van der Waals surface area contributed by atoms with Crippen molar-refractivity contribution < 1.29 is 94.5 Å². The first-order valence-electron chi connectivity index (χ1n) is 21.7. The van der Waals surface area contributed by atoms with Gasteiger partial charge < -0.3 is 18.6 Å². The zero-order valence-corrected chi connectivity index (χ0v) is 42.5. The molecule has 0 saturated heterocycles. The number of para-hydroxylation sites is 2. The number of rotatable bonds is 28. The van der Waals surface area contributed by atoms with E-state index in [1.807, 2.05) is 60.7 Å². The molecule has 4 aromatic carbocycles. The number of unbranched alkanes of at least 4 members (excludes halogenated alkanes) is 18. The first kappa shape index (κ1) is 56.3. The quantitative estimate of drug-likeness (QED) is 0.0322. The Hall–Kier alpha value is -1.70. The monoisotopic (exact) mass is 880 g/mol. The van der Waals surface area contributed by atoms with E-state index in [2.05, 4.69) is 13.8 Å². The second-order valence-electron chi connectivity index (χ2n) is 15.1. The standard InChI is InChI=1S/2C24H34O4S.2Na/c2*1-2-3-4-5-6-7-8-9-10-14-18-22-23(28-21-16-12-11-13-17-21)19-15-20-24(22)29(25,26)27;;/h2*11-13,15-17,19-20H,2-10,14,18H2,1H3,(H,25,26,27);;/q;;2*+1/p-2. The van der Waals surface area contributed by atoms with Gasteiger partial charge in [0.15, 0.2) is 0 Å². The van der Waals surface area contributed by atoms with Gasteiger partial charge in [0, 0.05) is 11.1 Å². The van der Waals surface area contributed by atoms with Gasteiger partial charge >= 0.3 is 59.1 Å². The van der Waals surface area contributed by atoms with Crippen LogP contribution >= 0.6 is 0 Å². The molecule has 0 heterocycles. The molecule has 0 aromatic heterocycles. The zero-order valence-electron chi connectivity index (χ0n) is 36.9. The molecule has 4 aromatic rings. The van der Waals surface area contributed by atoms with Crippen LogP contribution in [0.15, 0.2) is 107 Å². The van der Waals surface area contributed by atoms with Crippen molar-refractivity contribution in [3.63, 3.8) is 0 Å². The molecule has 0 unspecified atom stereocenters. The smallest absolute Gasteiger partial charge is 0.744 e. The van der Waals surface area contributed by atoms with Crippen LogP contribution in [0.25, 0.3) is 0 Å². The largest absolute Gasteiger partial charge is 1.00 e. The van der Waals surface area contributed by atoms with E-state index < -0.39 is 20.2 Å². The predicted octanol–water partition coefficient (Wildman–Crippen LogP) is 7.70. The van der Waals surface area contributed by atoms with E-state index in [1.165, 1.54) is 102 Å². The Morgan fingerprint density at radius 3 is 0.950 bits per heavy atom. The van der Waals surface area contributed by atoms with Gasteiger partial charge in [-0.15, -0.1) is 0 Å². The topological polar surface area (TPSA) is 133 Å². The Balaban J connectivity index is 0.000000581. The average Bonchev–Trinajstić information content (AvgIpc) is 3.20. The molecule has 0 bridgehead atoms. The third-order valence-corrected chi connectivity index (χ3v) is 12.1. The van der Waals surface area contributed by atoms with Crippen molar-refractivity contribution in [2.45, 2.75) is 165 Å². The van der Waals surface area contributed by atoms with Crippen LogP contribution in [0.4, 0.5) is 0 Å². The van der Waals surface area contributed by atoms with E-state index in [1.54, 1.807) is 24.3 Å². The molecule has 0 aliphatic rings. The maximum Gasteiger partial charge on any atom is 1.00 e. The second kappa shape index (κ2) is 32.9. The summed E-state index contributed by atoms with van der Waals surface area (Å²) < 4.78 is 82.1. The molecule has 0 spiro atoms. The van der Waals surface area contributed by atoms with Crippen molar-refractivity contribution in [1.82, 2.24) is 0 Å². The molecule has 0 saturated carbocycles. The van der Waals surface area contributed by atoms with Gasteiger partial charge in [-0.3, -0.25) is 0 Å². The van der Waals surface area contributed by atoms with Gasteiger partial charge in [0.05, 0.1) is 9.79 Å². The van der Waals surface area contributed by atoms with Crippen LogP contribution in [0.5, 0.6) is 23.0 Å². The van der Waals surface area contributed by atoms with E-state index >= 15 is 0 Å². The second-order valence-corrected chi connectivity index (χ2v) is 17.8. The van der Waals surface area contributed by atoms with E-state index in [0.717, 1.165) is 38.5 Å². The van der Waals surface area contributed by atoms with Crippen LogP contribution < -0.4 is 68.6 Å². The fraction of sp³-hybridized carbons (Fsp3) is 0.500. The van der Waals surface area contributed by atoms with Gasteiger partial charge in [-0.2, -0.15) is 0 Å². The minimum absolute atomic E-state index is 0. The number of hydrogen-bond donors (Lipinski definition) is 0. The fourth-order valence-corrected chi connectivity index (χ4v) is 8.55. The molecule has 8 nitrogen and oxygen atoms in total. The van der Waals surface area contributed by atoms with Gasteiger partial charge in [-0.1, -0.05) is 178 Å². The molecule has 0 radical (unpaired) electrons. The van der Waals surface area contributed by atoms with Crippen molar-refractivity contribution in [1.29, 1.82) is 0 Å². The van der Waals surface area contributed by atoms with Crippen molar-refractivity contribution >= 4 is 20.2 Å². The summed E-state index contributed by atoms with van der Waals surface area (Å²) in [4.78, 5) is -0.330. The fourth-order valence-electron chi connectivity index (χ4n) is 7.05. The maximum absolute atomic E-state index is 11.7. The molecule has 60 heavy (non-hydrogen) atoms. The van der Waals surface area contributed by atoms with Crippen molar-refractivity contribution in [2.75, 3.05) is 0 Å². The zero-order chi connectivity index (χ0) is 41.9. The molecule has 0 aliphatic heterocycles. The first-order chi connectivity index (χ1) is 28.0. The third-order valence-electron chi connectivity index (χ3n) is 10.2. The Morgan fingerprint density at radius 2 is 0.667 bits per heavy atom. The number of ether oxygens (including phenoxy) is 2. The summed E-state index contributed by atoms with van der Waals surface area (Å²) in [6.07, 6.45) is 25.1. The van der Waals surface area contributed by atoms with Gasteiger partial charge in [0.25, 0.3) is 0 Å². The Bertz CT molecular complexity index is 1790. The molecule has 0 atom stereocenters. The molecule has 4 rings (SSSR count). The Labute approximate surface area is 407 Å². The molecular weight excluding hydrogens is 815 g/mol. The first-order valence-corrected chi connectivity index (χ1v) is 24.5. The molecule has 0 aliphatic carbocycles. The molecular formula is C48H66Na2O8S2. The van der Waals surface area contributed by atoms with Gasteiger partial charge in [-0.25, -0.2) is 16.8 Å². The van der Waals surface area contributed by atoms with E-state index in [9.17, 15) is 25.9 Å². The minimum Gasteiger partial charge on any atom is -0.744 e. The summed E-state index contributed by atoms with van der Waals surface area (Å²) in [6, 6.07) is 27.8. The van der Waals surface area contributed by atoms with Crippen molar-refractivity contribution in [2.24, 2.45) is 0 Å². The molecule has 320 valence electrons. The van der Waals surface area contributed by atoms with Crippen LogP contribution in [0.1, 0.15) is 153 Å². The summed E-state index contributed by atoms with van der Waals surface area (Å²) in [5.74, 6) is 2.14.